The van der Waals surface area contributed by atoms with Crippen LogP contribution in [0.1, 0.15) is 25.3 Å². The van der Waals surface area contributed by atoms with E-state index in [4.69, 9.17) is 5.11 Å². The number of hydrogen-bond donors (Lipinski definition) is 1. The predicted molar refractivity (Wildman–Crippen MR) is 39.9 cm³/mol. The second-order valence-electron chi connectivity index (χ2n) is 2.70. The maximum absolute atomic E-state index is 12.3. The number of aromatic nitrogens is 1. The topological polar surface area (TPSA) is 33.1 Å². The first kappa shape index (κ1) is 7.98. The molecule has 1 rings (SSSR count). The molecule has 60 valence electrons. The highest BCUT2D eigenvalue weighted by atomic mass is 19.1. The van der Waals surface area contributed by atoms with Crippen molar-refractivity contribution in [1.29, 1.82) is 0 Å². The van der Waals surface area contributed by atoms with Gasteiger partial charge in [0.2, 0.25) is 11.8 Å². The third-order valence-electron chi connectivity index (χ3n) is 1.49. The molecule has 0 saturated heterocycles. The van der Waals surface area contributed by atoms with E-state index in [1.807, 2.05) is 13.8 Å². The van der Waals surface area contributed by atoms with E-state index in [2.05, 4.69) is 4.98 Å². The molecule has 11 heavy (non-hydrogen) atoms. The van der Waals surface area contributed by atoms with Crippen LogP contribution in [0, 0.1) is 5.95 Å². The van der Waals surface area contributed by atoms with Crippen molar-refractivity contribution in [3.63, 3.8) is 0 Å². The van der Waals surface area contributed by atoms with Gasteiger partial charge in [0.15, 0.2) is 0 Å². The monoisotopic (exact) mass is 155 g/mol. The minimum Gasteiger partial charge on any atom is -0.493 e. The number of aromatic hydroxyl groups is 1. The molecular formula is C8H10FNO. The molecule has 0 aliphatic rings. The van der Waals surface area contributed by atoms with Crippen molar-refractivity contribution in [3.05, 3.63) is 23.6 Å². The fourth-order valence-electron chi connectivity index (χ4n) is 0.887. The summed E-state index contributed by atoms with van der Waals surface area (Å²) in [5.74, 6) is -0.685. The van der Waals surface area contributed by atoms with Crippen LogP contribution in [-0.2, 0) is 0 Å². The summed E-state index contributed by atoms with van der Waals surface area (Å²) in [4.78, 5) is 3.28. The SMILES string of the molecule is CC(C)c1ccc(F)nc1O. The van der Waals surface area contributed by atoms with E-state index in [1.165, 1.54) is 6.07 Å². The molecule has 0 bridgehead atoms. The van der Waals surface area contributed by atoms with E-state index in [1.54, 1.807) is 6.07 Å². The van der Waals surface area contributed by atoms with E-state index >= 15 is 0 Å². The molecule has 0 atom stereocenters. The second-order valence-corrected chi connectivity index (χ2v) is 2.70. The molecule has 0 spiro atoms. The molecule has 0 fully saturated rings. The first-order valence-corrected chi connectivity index (χ1v) is 3.46. The highest BCUT2D eigenvalue weighted by Crippen LogP contribution is 2.22. The second kappa shape index (κ2) is 2.86. The third kappa shape index (κ3) is 1.67. The summed E-state index contributed by atoms with van der Waals surface area (Å²) in [6, 6.07) is 2.79. The first-order chi connectivity index (χ1) is 5.11. The van der Waals surface area contributed by atoms with Crippen LogP contribution in [0.4, 0.5) is 4.39 Å². The van der Waals surface area contributed by atoms with Crippen molar-refractivity contribution in [2.24, 2.45) is 0 Å². The Morgan fingerprint density at radius 3 is 2.55 bits per heavy atom. The average Bonchev–Trinajstić information content (AvgIpc) is 1.85. The molecule has 0 saturated carbocycles. The highest BCUT2D eigenvalue weighted by Gasteiger charge is 2.06. The average molecular weight is 155 g/mol. The Balaban J connectivity index is 3.09. The van der Waals surface area contributed by atoms with Crippen molar-refractivity contribution in [2.45, 2.75) is 19.8 Å². The number of hydrogen-bond acceptors (Lipinski definition) is 2. The zero-order valence-electron chi connectivity index (χ0n) is 6.50. The van der Waals surface area contributed by atoms with Crippen LogP contribution in [0.3, 0.4) is 0 Å². The van der Waals surface area contributed by atoms with Gasteiger partial charge in [0.05, 0.1) is 0 Å². The van der Waals surface area contributed by atoms with Crippen LogP contribution in [-0.4, -0.2) is 10.1 Å². The van der Waals surface area contributed by atoms with Crippen LogP contribution in [0.5, 0.6) is 5.88 Å². The lowest BCUT2D eigenvalue weighted by molar-refractivity contribution is 0.425. The number of halogens is 1. The van der Waals surface area contributed by atoms with Gasteiger partial charge in [-0.15, -0.1) is 0 Å². The Hall–Kier alpha value is -1.12. The van der Waals surface area contributed by atoms with Crippen molar-refractivity contribution in [2.75, 3.05) is 0 Å². The number of nitrogens with zero attached hydrogens (tertiary/aromatic N) is 1. The van der Waals surface area contributed by atoms with Crippen molar-refractivity contribution < 1.29 is 9.50 Å². The van der Waals surface area contributed by atoms with Gasteiger partial charge in [-0.1, -0.05) is 13.8 Å². The van der Waals surface area contributed by atoms with Crippen molar-refractivity contribution >= 4 is 0 Å². The molecule has 1 heterocycles. The minimum atomic E-state index is -0.646. The van der Waals surface area contributed by atoms with E-state index in [0.717, 1.165) is 0 Å². The largest absolute Gasteiger partial charge is 0.493 e. The maximum atomic E-state index is 12.3. The molecule has 1 aromatic rings. The van der Waals surface area contributed by atoms with E-state index in [-0.39, 0.29) is 11.8 Å². The summed E-state index contributed by atoms with van der Waals surface area (Å²) in [5, 5.41) is 9.11. The lowest BCUT2D eigenvalue weighted by atomic mass is 10.1. The Kier molecular flexibility index (Phi) is 2.08. The maximum Gasteiger partial charge on any atom is 0.216 e. The van der Waals surface area contributed by atoms with Crippen LogP contribution in [0.15, 0.2) is 12.1 Å². The van der Waals surface area contributed by atoms with E-state index in [0.29, 0.717) is 5.56 Å². The van der Waals surface area contributed by atoms with Gasteiger partial charge in [-0.3, -0.25) is 0 Å². The van der Waals surface area contributed by atoms with Crippen LogP contribution >= 0.6 is 0 Å². The molecular weight excluding hydrogens is 145 g/mol. The summed E-state index contributed by atoms with van der Waals surface area (Å²) < 4.78 is 12.3. The van der Waals surface area contributed by atoms with Gasteiger partial charge in [0.25, 0.3) is 0 Å². The molecule has 0 amide bonds. The van der Waals surface area contributed by atoms with E-state index in [9.17, 15) is 4.39 Å². The van der Waals surface area contributed by atoms with E-state index < -0.39 is 5.95 Å². The zero-order chi connectivity index (χ0) is 8.43. The summed E-state index contributed by atoms with van der Waals surface area (Å²) >= 11 is 0. The molecule has 0 aromatic carbocycles. The van der Waals surface area contributed by atoms with Gasteiger partial charge in [-0.2, -0.15) is 9.37 Å². The summed E-state index contributed by atoms with van der Waals surface area (Å²) in [7, 11) is 0. The summed E-state index contributed by atoms with van der Waals surface area (Å²) in [5.41, 5.74) is 0.673. The van der Waals surface area contributed by atoms with Gasteiger partial charge in [-0.05, 0) is 18.1 Å². The molecule has 3 heteroatoms. The standard InChI is InChI=1S/C8H10FNO/c1-5(2)6-3-4-7(9)10-8(6)11/h3-5H,1-2H3,(H,10,11). The van der Waals surface area contributed by atoms with Crippen molar-refractivity contribution in [3.8, 4) is 5.88 Å². The zero-order valence-corrected chi connectivity index (χ0v) is 6.50. The molecule has 2 nitrogen and oxygen atoms in total. The Morgan fingerprint density at radius 2 is 2.09 bits per heavy atom. The van der Waals surface area contributed by atoms with Gasteiger partial charge >= 0.3 is 0 Å². The lowest BCUT2D eigenvalue weighted by Crippen LogP contribution is -1.92. The smallest absolute Gasteiger partial charge is 0.216 e. The van der Waals surface area contributed by atoms with Gasteiger partial charge < -0.3 is 5.11 Å². The first-order valence-electron chi connectivity index (χ1n) is 3.46. The fourth-order valence-corrected chi connectivity index (χ4v) is 0.887. The molecule has 1 aromatic heterocycles. The minimum absolute atomic E-state index is 0.170. The third-order valence-corrected chi connectivity index (χ3v) is 1.49. The summed E-state index contributed by atoms with van der Waals surface area (Å²) in [6.45, 7) is 3.82. The van der Waals surface area contributed by atoms with Crippen LogP contribution in [0.25, 0.3) is 0 Å². The Morgan fingerprint density at radius 1 is 1.45 bits per heavy atom. The fraction of sp³-hybridized carbons (Fsp3) is 0.375. The summed E-state index contributed by atoms with van der Waals surface area (Å²) in [6.07, 6.45) is 0. The molecule has 0 unspecified atom stereocenters. The van der Waals surface area contributed by atoms with Crippen molar-refractivity contribution in [1.82, 2.24) is 4.98 Å². The van der Waals surface area contributed by atoms with Crippen LogP contribution < -0.4 is 0 Å². The van der Waals surface area contributed by atoms with Crippen LogP contribution in [0.2, 0.25) is 0 Å². The predicted octanol–water partition coefficient (Wildman–Crippen LogP) is 2.05. The quantitative estimate of drug-likeness (QED) is 0.629. The van der Waals surface area contributed by atoms with Gasteiger partial charge in [-0.25, -0.2) is 0 Å². The molecule has 0 aliphatic carbocycles. The molecule has 1 N–H and O–H groups in total. The Bertz CT molecular complexity index is 260. The molecule has 0 radical (unpaired) electrons. The number of rotatable bonds is 1. The molecule has 0 aliphatic heterocycles. The lowest BCUT2D eigenvalue weighted by Gasteiger charge is -2.05. The van der Waals surface area contributed by atoms with Gasteiger partial charge in [0, 0.05) is 5.56 Å². The number of pyridine rings is 1. The normalized spacial score (nSPS) is 10.5. The highest BCUT2D eigenvalue weighted by molar-refractivity contribution is 5.27. The van der Waals surface area contributed by atoms with Gasteiger partial charge in [0.1, 0.15) is 0 Å². The Labute approximate surface area is 64.7 Å².